The van der Waals surface area contributed by atoms with E-state index in [-0.39, 0.29) is 5.82 Å². The number of aromatic nitrogens is 5. The summed E-state index contributed by atoms with van der Waals surface area (Å²) >= 11 is 0. The summed E-state index contributed by atoms with van der Waals surface area (Å²) in [6.07, 6.45) is 0.702. The van der Waals surface area contributed by atoms with E-state index in [0.717, 1.165) is 37.4 Å². The van der Waals surface area contributed by atoms with Crippen molar-refractivity contribution in [3.63, 3.8) is 0 Å². The molecule has 0 radical (unpaired) electrons. The minimum Gasteiger partial charge on any atom is -0.338 e. The maximum Gasteiger partial charge on any atom is 0.234 e. The minimum absolute atomic E-state index is 0.281. The van der Waals surface area contributed by atoms with Crippen LogP contribution in [0.4, 0.5) is 22.2 Å². The molecule has 156 valence electrons. The third-order valence-corrected chi connectivity index (χ3v) is 4.99. The first-order chi connectivity index (χ1) is 14.5. The van der Waals surface area contributed by atoms with Crippen LogP contribution >= 0.6 is 0 Å². The Hall–Kier alpha value is -3.20. The second-order valence-electron chi connectivity index (χ2n) is 7.37. The van der Waals surface area contributed by atoms with Crippen molar-refractivity contribution in [3.8, 4) is 11.3 Å². The molecule has 0 atom stereocenters. The van der Waals surface area contributed by atoms with E-state index >= 15 is 0 Å². The highest BCUT2D eigenvalue weighted by Gasteiger charge is 2.18. The minimum atomic E-state index is -0.281. The number of benzene rings is 1. The quantitative estimate of drug-likeness (QED) is 0.690. The predicted octanol–water partition coefficient (Wildman–Crippen LogP) is 2.83. The molecule has 1 aliphatic heterocycles. The smallest absolute Gasteiger partial charge is 0.234 e. The Morgan fingerprint density at radius 1 is 0.933 bits per heavy atom. The number of nitrogens with zero attached hydrogens (tertiary/aromatic N) is 7. The van der Waals surface area contributed by atoms with E-state index in [2.05, 4.69) is 47.1 Å². The summed E-state index contributed by atoms with van der Waals surface area (Å²) < 4.78 is 13.3. The summed E-state index contributed by atoms with van der Waals surface area (Å²) in [6.45, 7) is 7.59. The fourth-order valence-electron chi connectivity index (χ4n) is 3.26. The highest BCUT2D eigenvalue weighted by Crippen LogP contribution is 2.21. The van der Waals surface area contributed by atoms with Crippen molar-refractivity contribution in [1.29, 1.82) is 0 Å². The summed E-state index contributed by atoms with van der Waals surface area (Å²) in [4.78, 5) is 27.2. The second kappa shape index (κ2) is 8.66. The summed E-state index contributed by atoms with van der Waals surface area (Å²) in [5.74, 6) is 1.92. The fraction of sp³-hybridized carbons (Fsp3) is 0.381. The molecule has 1 aromatic carbocycles. The van der Waals surface area contributed by atoms with Crippen LogP contribution in [0.2, 0.25) is 0 Å². The molecule has 0 bridgehead atoms. The topological polar surface area (TPSA) is 83.0 Å². The molecule has 0 aliphatic carbocycles. The molecule has 3 heterocycles. The lowest BCUT2D eigenvalue weighted by Crippen LogP contribution is -2.45. The average molecular weight is 408 g/mol. The maximum atomic E-state index is 13.3. The first kappa shape index (κ1) is 20.1. The van der Waals surface area contributed by atoms with E-state index in [4.69, 9.17) is 0 Å². The zero-order valence-corrected chi connectivity index (χ0v) is 17.4. The van der Waals surface area contributed by atoms with Gasteiger partial charge in [-0.25, -0.2) is 14.4 Å². The van der Waals surface area contributed by atoms with E-state index in [1.165, 1.54) is 12.1 Å². The largest absolute Gasteiger partial charge is 0.338 e. The highest BCUT2D eigenvalue weighted by molar-refractivity contribution is 5.61. The molecule has 0 spiro atoms. The van der Waals surface area contributed by atoms with Gasteiger partial charge < -0.3 is 9.80 Å². The summed E-state index contributed by atoms with van der Waals surface area (Å²) in [6, 6.07) is 8.09. The first-order valence-corrected chi connectivity index (χ1v) is 10.1. The Morgan fingerprint density at radius 2 is 1.63 bits per heavy atom. The molecule has 1 aliphatic rings. The Morgan fingerprint density at radius 3 is 2.33 bits per heavy atom. The van der Waals surface area contributed by atoms with Crippen LogP contribution in [0.3, 0.4) is 0 Å². The van der Waals surface area contributed by atoms with Gasteiger partial charge in [0.15, 0.2) is 0 Å². The van der Waals surface area contributed by atoms with E-state index in [0.29, 0.717) is 35.8 Å². The monoisotopic (exact) mass is 408 g/mol. The molecule has 4 rings (SSSR count). The van der Waals surface area contributed by atoms with Gasteiger partial charge in [0.05, 0.1) is 5.69 Å². The van der Waals surface area contributed by atoms with Crippen molar-refractivity contribution in [2.75, 3.05) is 43.4 Å². The third kappa shape index (κ3) is 4.68. The lowest BCUT2D eigenvalue weighted by atomic mass is 10.1. The van der Waals surface area contributed by atoms with Gasteiger partial charge in [-0.2, -0.15) is 15.0 Å². The second-order valence-corrected chi connectivity index (χ2v) is 7.37. The molecule has 2 aromatic heterocycles. The van der Waals surface area contributed by atoms with E-state index in [1.807, 2.05) is 19.9 Å². The molecule has 1 N–H and O–H groups in total. The van der Waals surface area contributed by atoms with Crippen molar-refractivity contribution in [1.82, 2.24) is 29.8 Å². The van der Waals surface area contributed by atoms with Gasteiger partial charge in [0.25, 0.3) is 0 Å². The van der Waals surface area contributed by atoms with E-state index in [9.17, 15) is 4.39 Å². The van der Waals surface area contributed by atoms with Gasteiger partial charge in [-0.1, -0.05) is 6.92 Å². The van der Waals surface area contributed by atoms with Crippen molar-refractivity contribution in [2.24, 2.45) is 0 Å². The number of nitrogens with one attached hydrogen (secondary N) is 1. The zero-order chi connectivity index (χ0) is 21.1. The molecule has 30 heavy (non-hydrogen) atoms. The molecular weight excluding hydrogens is 383 g/mol. The lowest BCUT2D eigenvalue weighted by Gasteiger charge is -2.32. The summed E-state index contributed by atoms with van der Waals surface area (Å²) in [5, 5.41) is 3.13. The van der Waals surface area contributed by atoms with Gasteiger partial charge in [0.2, 0.25) is 17.8 Å². The van der Waals surface area contributed by atoms with Crippen LogP contribution in [0.1, 0.15) is 18.4 Å². The van der Waals surface area contributed by atoms with E-state index in [1.54, 1.807) is 12.1 Å². The Bertz CT molecular complexity index is 1020. The molecule has 0 unspecified atom stereocenters. The fourth-order valence-corrected chi connectivity index (χ4v) is 3.26. The van der Waals surface area contributed by atoms with Gasteiger partial charge in [0, 0.05) is 43.9 Å². The molecule has 0 amide bonds. The van der Waals surface area contributed by atoms with Crippen LogP contribution in [-0.4, -0.2) is 63.0 Å². The number of piperazine rings is 1. The van der Waals surface area contributed by atoms with Crippen LogP contribution in [-0.2, 0) is 6.42 Å². The van der Waals surface area contributed by atoms with Gasteiger partial charge >= 0.3 is 0 Å². The van der Waals surface area contributed by atoms with Crippen LogP contribution in [0.15, 0.2) is 30.3 Å². The van der Waals surface area contributed by atoms with Crippen LogP contribution < -0.4 is 10.2 Å². The number of hydrogen-bond acceptors (Lipinski definition) is 8. The predicted molar refractivity (Wildman–Crippen MR) is 114 cm³/mol. The summed E-state index contributed by atoms with van der Waals surface area (Å²) in [5.41, 5.74) is 2.30. The van der Waals surface area contributed by atoms with Gasteiger partial charge in [-0.3, -0.25) is 5.32 Å². The van der Waals surface area contributed by atoms with Crippen LogP contribution in [0.25, 0.3) is 11.3 Å². The molecule has 8 nitrogen and oxygen atoms in total. The maximum absolute atomic E-state index is 13.3. The van der Waals surface area contributed by atoms with Crippen molar-refractivity contribution in [2.45, 2.75) is 20.3 Å². The normalized spacial score (nSPS) is 14.7. The Labute approximate surface area is 175 Å². The molecule has 1 fully saturated rings. The molecular formula is C21H25FN8. The standard InChI is InChI=1S/C21H25FN8/c1-4-18-25-20(28-21(26-18)30-11-9-29(3)10-12-30)27-19-23-14(2)13-17(24-19)15-5-7-16(22)8-6-15/h5-8,13H,4,9-12H2,1-3H3,(H,23,24,25,26,27,28). The number of anilines is 3. The summed E-state index contributed by atoms with van der Waals surface area (Å²) in [7, 11) is 2.11. The number of likely N-dealkylation sites (N-methyl/N-ethyl adjacent to an activating group) is 1. The zero-order valence-electron chi connectivity index (χ0n) is 17.4. The molecule has 9 heteroatoms. The first-order valence-electron chi connectivity index (χ1n) is 10.1. The molecule has 0 saturated carbocycles. The third-order valence-electron chi connectivity index (χ3n) is 4.99. The van der Waals surface area contributed by atoms with Gasteiger partial charge in [0.1, 0.15) is 11.6 Å². The lowest BCUT2D eigenvalue weighted by molar-refractivity contribution is 0.311. The Kier molecular flexibility index (Phi) is 5.80. The highest BCUT2D eigenvalue weighted by atomic mass is 19.1. The van der Waals surface area contributed by atoms with E-state index < -0.39 is 0 Å². The SMILES string of the molecule is CCc1nc(Nc2nc(C)cc(-c3ccc(F)cc3)n2)nc(N2CCN(C)CC2)n1. The number of aryl methyl sites for hydroxylation is 2. The van der Waals surface area contributed by atoms with Crippen molar-refractivity contribution in [3.05, 3.63) is 47.7 Å². The van der Waals surface area contributed by atoms with Gasteiger partial charge in [-0.15, -0.1) is 0 Å². The van der Waals surface area contributed by atoms with Crippen molar-refractivity contribution < 1.29 is 4.39 Å². The van der Waals surface area contributed by atoms with Crippen molar-refractivity contribution >= 4 is 17.8 Å². The van der Waals surface area contributed by atoms with Gasteiger partial charge in [-0.05, 0) is 44.3 Å². The van der Waals surface area contributed by atoms with Crippen LogP contribution in [0, 0.1) is 12.7 Å². The number of hydrogen-bond donors (Lipinski definition) is 1. The molecule has 3 aromatic rings. The van der Waals surface area contributed by atoms with Crippen LogP contribution in [0.5, 0.6) is 0 Å². The average Bonchev–Trinajstić information content (AvgIpc) is 2.74. The Balaban J connectivity index is 1.62. The molecule has 1 saturated heterocycles. The number of rotatable bonds is 5. The number of halogens is 1.